The Hall–Kier alpha value is -3.02. The predicted molar refractivity (Wildman–Crippen MR) is 102 cm³/mol. The molecule has 0 aliphatic carbocycles. The minimum atomic E-state index is -0.964. The number of benzene rings is 2. The zero-order valence-corrected chi connectivity index (χ0v) is 15.8. The van der Waals surface area contributed by atoms with Crippen LogP contribution in [0.3, 0.4) is 0 Å². The van der Waals surface area contributed by atoms with Crippen LogP contribution in [0.4, 0.5) is 0 Å². The quantitative estimate of drug-likeness (QED) is 0.708. The first-order valence-electron chi connectivity index (χ1n) is 8.69. The van der Waals surface area contributed by atoms with Gasteiger partial charge in [0.1, 0.15) is 11.5 Å². The minimum absolute atomic E-state index is 0.0420. The summed E-state index contributed by atoms with van der Waals surface area (Å²) in [5, 5.41) is 12.2. The molecule has 6 heteroatoms. The molecule has 2 aromatic rings. The molecule has 0 aliphatic rings. The molecule has 2 aromatic carbocycles. The average molecular weight is 371 g/mol. The molecule has 0 aliphatic heterocycles. The number of aliphatic carboxylic acids is 1. The Balaban J connectivity index is 2.00. The summed E-state index contributed by atoms with van der Waals surface area (Å²) in [6.07, 6.45) is 0.402. The number of nitrogens with one attached hydrogen (secondary N) is 1. The van der Waals surface area contributed by atoms with Crippen LogP contribution in [0, 0.1) is 12.8 Å². The van der Waals surface area contributed by atoms with E-state index in [9.17, 15) is 14.7 Å². The lowest BCUT2D eigenvalue weighted by Crippen LogP contribution is -2.35. The number of hydrogen-bond acceptors (Lipinski definition) is 4. The van der Waals surface area contributed by atoms with Gasteiger partial charge in [-0.25, -0.2) is 0 Å². The molecule has 0 bridgehead atoms. The van der Waals surface area contributed by atoms with Gasteiger partial charge in [0.05, 0.1) is 26.6 Å². The molecule has 144 valence electrons. The van der Waals surface area contributed by atoms with Gasteiger partial charge in [-0.1, -0.05) is 35.9 Å². The number of amides is 1. The third-order valence-corrected chi connectivity index (χ3v) is 4.34. The third-order valence-electron chi connectivity index (χ3n) is 4.34. The van der Waals surface area contributed by atoms with Crippen molar-refractivity contribution in [2.75, 3.05) is 20.8 Å². The standard InChI is InChI=1S/C21H25NO5/c1-14-8-9-19(27-3)16(10-14)12-20(23)22-13-17(21(24)25)11-15-6-4-5-7-18(15)26-2/h4-10,17H,11-13H2,1-3H3,(H,22,23)(H,24,25). The van der Waals surface area contributed by atoms with Gasteiger partial charge in [-0.3, -0.25) is 9.59 Å². The number of hydrogen-bond donors (Lipinski definition) is 2. The second-order valence-electron chi connectivity index (χ2n) is 6.35. The fourth-order valence-corrected chi connectivity index (χ4v) is 2.90. The van der Waals surface area contributed by atoms with Gasteiger partial charge in [0.15, 0.2) is 0 Å². The van der Waals surface area contributed by atoms with Crippen LogP contribution in [-0.4, -0.2) is 37.7 Å². The summed E-state index contributed by atoms with van der Waals surface area (Å²) < 4.78 is 10.6. The lowest BCUT2D eigenvalue weighted by molar-refractivity contribution is -0.141. The topological polar surface area (TPSA) is 84.9 Å². The number of carboxylic acids is 1. The number of aryl methyl sites for hydroxylation is 1. The summed E-state index contributed by atoms with van der Waals surface area (Å²) in [5.74, 6) is -0.677. The van der Waals surface area contributed by atoms with Crippen molar-refractivity contribution in [3.05, 3.63) is 59.2 Å². The first-order chi connectivity index (χ1) is 12.9. The number of methoxy groups -OCH3 is 2. The predicted octanol–water partition coefficient (Wildman–Crippen LogP) is 2.61. The molecule has 27 heavy (non-hydrogen) atoms. The van der Waals surface area contributed by atoms with Crippen LogP contribution in [0.25, 0.3) is 0 Å². The van der Waals surface area contributed by atoms with E-state index in [1.165, 1.54) is 0 Å². The Bertz CT molecular complexity index is 803. The molecule has 1 unspecified atom stereocenters. The van der Waals surface area contributed by atoms with E-state index in [0.29, 0.717) is 11.5 Å². The number of carbonyl (C=O) groups excluding carboxylic acids is 1. The van der Waals surface area contributed by atoms with Crippen molar-refractivity contribution in [1.82, 2.24) is 5.32 Å². The van der Waals surface area contributed by atoms with E-state index >= 15 is 0 Å². The lowest BCUT2D eigenvalue weighted by Gasteiger charge is -2.16. The van der Waals surface area contributed by atoms with E-state index in [4.69, 9.17) is 9.47 Å². The zero-order valence-electron chi connectivity index (χ0n) is 15.8. The molecule has 0 heterocycles. The Morgan fingerprint density at radius 3 is 2.37 bits per heavy atom. The maximum atomic E-state index is 12.3. The van der Waals surface area contributed by atoms with E-state index in [0.717, 1.165) is 16.7 Å². The molecule has 0 radical (unpaired) electrons. The Labute approximate surface area is 159 Å². The summed E-state index contributed by atoms with van der Waals surface area (Å²) in [5.41, 5.74) is 2.59. The van der Waals surface area contributed by atoms with Crippen LogP contribution in [0.2, 0.25) is 0 Å². The molecule has 2 rings (SSSR count). The SMILES string of the molecule is COc1ccc(C)cc1CC(=O)NCC(Cc1ccccc1OC)C(=O)O. The molecule has 0 saturated carbocycles. The number of rotatable bonds is 9. The van der Waals surface area contributed by atoms with Gasteiger partial charge in [-0.2, -0.15) is 0 Å². The maximum Gasteiger partial charge on any atom is 0.308 e. The molecule has 0 aromatic heterocycles. The van der Waals surface area contributed by atoms with Crippen LogP contribution in [0.5, 0.6) is 11.5 Å². The average Bonchev–Trinajstić information content (AvgIpc) is 2.65. The third kappa shape index (κ3) is 5.74. The number of para-hydroxylation sites is 1. The van der Waals surface area contributed by atoms with Crippen molar-refractivity contribution in [2.24, 2.45) is 5.92 Å². The van der Waals surface area contributed by atoms with E-state index in [2.05, 4.69) is 5.32 Å². The first-order valence-corrected chi connectivity index (χ1v) is 8.69. The highest BCUT2D eigenvalue weighted by molar-refractivity contribution is 5.80. The van der Waals surface area contributed by atoms with Crippen LogP contribution < -0.4 is 14.8 Å². The van der Waals surface area contributed by atoms with Crippen molar-refractivity contribution < 1.29 is 24.2 Å². The van der Waals surface area contributed by atoms with Crippen molar-refractivity contribution in [3.8, 4) is 11.5 Å². The fraction of sp³-hybridized carbons (Fsp3) is 0.333. The highest BCUT2D eigenvalue weighted by Crippen LogP contribution is 2.22. The molecule has 0 saturated heterocycles. The second-order valence-corrected chi connectivity index (χ2v) is 6.35. The molecule has 1 atom stereocenters. The monoisotopic (exact) mass is 371 g/mol. The van der Waals surface area contributed by atoms with Gasteiger partial charge in [-0.05, 0) is 31.0 Å². The Kier molecular flexibility index (Phi) is 7.23. The highest BCUT2D eigenvalue weighted by Gasteiger charge is 2.21. The highest BCUT2D eigenvalue weighted by atomic mass is 16.5. The largest absolute Gasteiger partial charge is 0.496 e. The summed E-state index contributed by atoms with van der Waals surface area (Å²) >= 11 is 0. The van der Waals surface area contributed by atoms with Gasteiger partial charge in [0.2, 0.25) is 5.91 Å². The molecule has 6 nitrogen and oxygen atoms in total. The smallest absolute Gasteiger partial charge is 0.308 e. The van der Waals surface area contributed by atoms with Crippen molar-refractivity contribution in [3.63, 3.8) is 0 Å². The van der Waals surface area contributed by atoms with Crippen molar-refractivity contribution in [2.45, 2.75) is 19.8 Å². The fourth-order valence-electron chi connectivity index (χ4n) is 2.90. The zero-order chi connectivity index (χ0) is 19.8. The van der Waals surface area contributed by atoms with Crippen LogP contribution in [0.15, 0.2) is 42.5 Å². The molecule has 2 N–H and O–H groups in total. The number of ether oxygens (including phenoxy) is 2. The number of carbonyl (C=O) groups is 2. The lowest BCUT2D eigenvalue weighted by atomic mass is 9.98. The van der Waals surface area contributed by atoms with E-state index in [-0.39, 0.29) is 25.3 Å². The Morgan fingerprint density at radius 2 is 1.70 bits per heavy atom. The van der Waals surface area contributed by atoms with Crippen LogP contribution >= 0.6 is 0 Å². The van der Waals surface area contributed by atoms with Crippen molar-refractivity contribution >= 4 is 11.9 Å². The minimum Gasteiger partial charge on any atom is -0.496 e. The van der Waals surface area contributed by atoms with Crippen LogP contribution in [0.1, 0.15) is 16.7 Å². The van der Waals surface area contributed by atoms with Gasteiger partial charge in [0, 0.05) is 12.1 Å². The Morgan fingerprint density at radius 1 is 1.04 bits per heavy atom. The number of carboxylic acid groups (broad SMARTS) is 1. The van der Waals surface area contributed by atoms with Crippen molar-refractivity contribution in [1.29, 1.82) is 0 Å². The molecular weight excluding hydrogens is 346 g/mol. The van der Waals surface area contributed by atoms with E-state index in [1.807, 2.05) is 43.3 Å². The second kappa shape index (κ2) is 9.62. The summed E-state index contributed by atoms with van der Waals surface area (Å²) in [4.78, 5) is 23.9. The molecular formula is C21H25NO5. The maximum absolute atomic E-state index is 12.3. The van der Waals surface area contributed by atoms with Crippen LogP contribution in [-0.2, 0) is 22.4 Å². The summed E-state index contributed by atoms with van der Waals surface area (Å²) in [7, 11) is 3.10. The molecule has 0 fully saturated rings. The van der Waals surface area contributed by atoms with Gasteiger partial charge in [0.25, 0.3) is 0 Å². The molecule has 1 amide bonds. The van der Waals surface area contributed by atoms with E-state index in [1.54, 1.807) is 20.3 Å². The van der Waals surface area contributed by atoms with Gasteiger partial charge >= 0.3 is 5.97 Å². The summed E-state index contributed by atoms with van der Waals surface area (Å²) in [6.45, 7) is 1.98. The summed E-state index contributed by atoms with van der Waals surface area (Å²) in [6, 6.07) is 12.9. The van der Waals surface area contributed by atoms with Gasteiger partial charge < -0.3 is 19.9 Å². The first kappa shape index (κ1) is 20.3. The molecule has 0 spiro atoms. The van der Waals surface area contributed by atoms with Gasteiger partial charge in [-0.15, -0.1) is 0 Å². The van der Waals surface area contributed by atoms with E-state index < -0.39 is 11.9 Å². The normalized spacial score (nSPS) is 11.5.